The minimum Gasteiger partial charge on any atom is -0.545 e. The van der Waals surface area contributed by atoms with E-state index in [2.05, 4.69) is 136 Å². The molecule has 0 amide bonds. The molecule has 266 valence electrons. The van der Waals surface area contributed by atoms with Crippen molar-refractivity contribution in [3.63, 3.8) is 0 Å². The maximum absolute atomic E-state index is 7.75. The Morgan fingerprint density at radius 1 is 0.116 bits per heavy atom. The van der Waals surface area contributed by atoms with Gasteiger partial charge in [0.1, 0.15) is 0 Å². The van der Waals surface area contributed by atoms with Crippen molar-refractivity contribution in [2.45, 2.75) is 0 Å². The summed E-state index contributed by atoms with van der Waals surface area (Å²) in [6, 6.07) is 0. The maximum Gasteiger partial charge on any atom is 0 e. The van der Waals surface area contributed by atoms with Gasteiger partial charge in [-0.3, -0.25) is 136 Å². The second-order valence-corrected chi connectivity index (χ2v) is 0. The minimum absolute atomic E-state index is 0. The molecular formula is C20H20Co2O20Ru-20. The largest absolute Gasteiger partial charge is 0.545 e. The zero-order valence-corrected chi connectivity index (χ0v) is 24.6. The van der Waals surface area contributed by atoms with Crippen LogP contribution in [0.4, 0.5) is 0 Å². The molecule has 0 aliphatic carbocycles. The van der Waals surface area contributed by atoms with E-state index < -0.39 is 0 Å². The fraction of sp³-hybridized carbons (Fsp3) is 0. The molecule has 0 aromatic carbocycles. The molecule has 0 aromatic rings. The summed E-state index contributed by atoms with van der Waals surface area (Å²) in [5.74, 6) is 0. The zero-order valence-electron chi connectivity index (χ0n) is 20.7. The van der Waals surface area contributed by atoms with Gasteiger partial charge in [0.2, 0.25) is 0 Å². The van der Waals surface area contributed by atoms with Gasteiger partial charge in [0.25, 0.3) is 0 Å². The minimum atomic E-state index is 0. The van der Waals surface area contributed by atoms with Crippen LogP contribution in [0, 0.1) is 0 Å². The Bertz CT molecular complexity index is 145. The summed E-state index contributed by atoms with van der Waals surface area (Å²) < 4.78 is 0. The first-order chi connectivity index (χ1) is 20.0. The topological polar surface area (TPSA) is 341 Å². The SMILES string of the molecule is [CH-]=O.[CH-]=O.[CH-]=O.[CH-]=O.[CH-]=O.[CH-]=O.[CH-]=O.[CH-]=O.[CH-]=O.[CH-]=O.[CH-]=O.[CH-]=O.[CH-]=O.[CH-]=O.[CH-]=O.[CH-]=O.[CH-]=O.[CH-]=O.[CH-]=O.[CH-]=O.[Co].[Co].[Ru]. The van der Waals surface area contributed by atoms with Crippen LogP contribution in [0.15, 0.2) is 0 Å². The van der Waals surface area contributed by atoms with E-state index >= 15 is 0 Å². The summed E-state index contributed by atoms with van der Waals surface area (Å²) in [6.45, 7) is 65.0. The van der Waals surface area contributed by atoms with Gasteiger partial charge >= 0.3 is 0 Å². The molecule has 0 aromatic heterocycles. The van der Waals surface area contributed by atoms with Crippen LogP contribution in [0.5, 0.6) is 0 Å². The van der Waals surface area contributed by atoms with Crippen LogP contribution in [0.3, 0.4) is 0 Å². The van der Waals surface area contributed by atoms with Crippen molar-refractivity contribution in [1.29, 1.82) is 0 Å². The van der Waals surface area contributed by atoms with Crippen LogP contribution in [0.25, 0.3) is 0 Å². The maximum atomic E-state index is 7.75. The van der Waals surface area contributed by atoms with Gasteiger partial charge in [-0.05, 0) is 0 Å². The molecule has 43 heavy (non-hydrogen) atoms. The van der Waals surface area contributed by atoms with Gasteiger partial charge in [0, 0.05) is 53.0 Å². The Morgan fingerprint density at radius 2 is 0.116 bits per heavy atom. The first kappa shape index (κ1) is 231. The van der Waals surface area contributed by atoms with E-state index in [0.29, 0.717) is 0 Å². The number of hydrogen-bond acceptors (Lipinski definition) is 20. The summed E-state index contributed by atoms with van der Waals surface area (Å²) in [7, 11) is 0. The Kier molecular flexibility index (Phi) is 10500. The molecule has 0 heterocycles. The van der Waals surface area contributed by atoms with E-state index in [4.69, 9.17) is 95.9 Å². The van der Waals surface area contributed by atoms with Crippen LogP contribution >= 0.6 is 0 Å². The van der Waals surface area contributed by atoms with Crippen molar-refractivity contribution < 1.29 is 149 Å². The molecule has 23 heteroatoms. The van der Waals surface area contributed by atoms with Gasteiger partial charge in [0.05, 0.1) is 0 Å². The Balaban J connectivity index is -0.00000000465. The van der Waals surface area contributed by atoms with Gasteiger partial charge < -0.3 is 95.9 Å². The standard InChI is InChI=1S/20CHO.2Co.Ru/c20*1-2;;;/h20*1H;;;/q20*-1;;;. The van der Waals surface area contributed by atoms with Crippen molar-refractivity contribution in [1.82, 2.24) is 0 Å². The number of carbonyl (C=O) groups excluding carboxylic acids is 20. The molecular weight excluding hydrogens is 779 g/mol. The predicted octanol–water partition coefficient (Wildman–Crippen LogP) is -5.49. The zero-order chi connectivity index (χ0) is 40.0. The molecule has 0 N–H and O–H groups in total. The Morgan fingerprint density at radius 3 is 0.116 bits per heavy atom. The van der Waals surface area contributed by atoms with Crippen LogP contribution < -0.4 is 0 Å². The monoisotopic (exact) mass is 800 g/mol. The third-order valence-corrected chi connectivity index (χ3v) is 0. The Hall–Kier alpha value is -4.96. The average Bonchev–Trinajstić information content (AvgIpc) is 3.21. The smallest absolute Gasteiger partial charge is 0 e. The average molecular weight is 799 g/mol. The van der Waals surface area contributed by atoms with Gasteiger partial charge in [-0.25, -0.2) is 0 Å². The van der Waals surface area contributed by atoms with E-state index in [1.807, 2.05) is 0 Å². The molecule has 0 fully saturated rings. The third-order valence-electron chi connectivity index (χ3n) is 0. The van der Waals surface area contributed by atoms with Gasteiger partial charge in [0.15, 0.2) is 0 Å². The van der Waals surface area contributed by atoms with Crippen LogP contribution in [0.1, 0.15) is 0 Å². The molecule has 0 spiro atoms. The quantitative estimate of drug-likeness (QED) is 0.125. The first-order valence-corrected chi connectivity index (χ1v) is 4.71. The van der Waals surface area contributed by atoms with E-state index in [-0.39, 0.29) is 53.0 Å². The van der Waals surface area contributed by atoms with E-state index in [0.717, 1.165) is 0 Å². The molecule has 0 atom stereocenters. The molecule has 0 bridgehead atoms. The molecule has 0 unspecified atom stereocenters. The molecule has 0 aliphatic rings. The second kappa shape index (κ2) is 1950. The van der Waals surface area contributed by atoms with Crippen molar-refractivity contribution in [3.8, 4) is 0 Å². The molecule has 2 radical (unpaired) electrons. The van der Waals surface area contributed by atoms with Crippen molar-refractivity contribution in [2.24, 2.45) is 0 Å². The summed E-state index contributed by atoms with van der Waals surface area (Å²) in [4.78, 5) is 155. The van der Waals surface area contributed by atoms with Crippen molar-refractivity contribution >= 4 is 136 Å². The van der Waals surface area contributed by atoms with E-state index in [1.165, 1.54) is 0 Å². The van der Waals surface area contributed by atoms with E-state index in [1.54, 1.807) is 0 Å². The summed E-state index contributed by atoms with van der Waals surface area (Å²) in [5, 5.41) is 0. The third kappa shape index (κ3) is 1850. The van der Waals surface area contributed by atoms with E-state index in [9.17, 15) is 0 Å². The van der Waals surface area contributed by atoms with Gasteiger partial charge in [-0.15, -0.1) is 0 Å². The van der Waals surface area contributed by atoms with Crippen molar-refractivity contribution in [3.05, 3.63) is 0 Å². The normalized spacial score (nSPS) is 1.86. The summed E-state index contributed by atoms with van der Waals surface area (Å²) in [6.07, 6.45) is 0. The Labute approximate surface area is 284 Å². The number of hydrogen-bond donors (Lipinski definition) is 0. The molecule has 0 rings (SSSR count). The predicted molar refractivity (Wildman–Crippen MR) is 135 cm³/mol. The van der Waals surface area contributed by atoms with Gasteiger partial charge in [-0.1, -0.05) is 0 Å². The van der Waals surface area contributed by atoms with Crippen LogP contribution in [0.2, 0.25) is 0 Å². The second-order valence-electron chi connectivity index (χ2n) is 0. The van der Waals surface area contributed by atoms with Crippen molar-refractivity contribution in [2.75, 3.05) is 0 Å². The fourth-order valence-electron chi connectivity index (χ4n) is 0. The fourth-order valence-corrected chi connectivity index (χ4v) is 0. The molecule has 0 aliphatic heterocycles. The number of rotatable bonds is 0. The van der Waals surface area contributed by atoms with Crippen LogP contribution in [-0.2, 0) is 149 Å². The summed E-state index contributed by atoms with van der Waals surface area (Å²) in [5.41, 5.74) is 0. The van der Waals surface area contributed by atoms with Gasteiger partial charge in [-0.2, -0.15) is 0 Å². The van der Waals surface area contributed by atoms with Crippen LogP contribution in [-0.4, -0.2) is 136 Å². The molecule has 0 saturated heterocycles. The first-order valence-electron chi connectivity index (χ1n) is 4.71. The molecule has 0 saturated carbocycles. The summed E-state index contributed by atoms with van der Waals surface area (Å²) >= 11 is 0. The molecule has 20 nitrogen and oxygen atoms in total.